The topological polar surface area (TPSA) is 84.8 Å². The Morgan fingerprint density at radius 2 is 2.14 bits per heavy atom. The summed E-state index contributed by atoms with van der Waals surface area (Å²) in [5.41, 5.74) is 2.62. The molecule has 4 aromatic rings. The second-order valence-corrected chi connectivity index (χ2v) is 7.60. The number of hydrogen-bond acceptors (Lipinski definition) is 5. The molecule has 0 spiro atoms. The number of carbonyl (C=O) groups excluding carboxylic acids is 1. The number of H-pyrrole nitrogens is 1. The fraction of sp³-hybridized carbons (Fsp3) is 0.150. The van der Waals surface area contributed by atoms with E-state index in [0.29, 0.717) is 22.5 Å². The smallest absolute Gasteiger partial charge is 0.235 e. The van der Waals surface area contributed by atoms with Gasteiger partial charge in [0, 0.05) is 17.2 Å². The molecule has 0 fully saturated rings. The predicted octanol–water partition coefficient (Wildman–Crippen LogP) is 4.20. The molecule has 9 heteroatoms. The van der Waals surface area contributed by atoms with Crippen molar-refractivity contribution in [3.05, 3.63) is 65.3 Å². The van der Waals surface area contributed by atoms with Gasteiger partial charge in [0.15, 0.2) is 5.16 Å². The van der Waals surface area contributed by atoms with E-state index in [2.05, 4.69) is 20.4 Å². The number of imidazole rings is 1. The number of methoxy groups -OCH3 is 1. The van der Waals surface area contributed by atoms with Crippen molar-refractivity contribution in [1.82, 2.24) is 19.7 Å². The number of carbonyl (C=O) groups is 1. The van der Waals surface area contributed by atoms with Gasteiger partial charge >= 0.3 is 0 Å². The Kier molecular flexibility index (Phi) is 5.73. The zero-order valence-electron chi connectivity index (χ0n) is 15.6. The number of ether oxygens (including phenoxy) is 1. The summed E-state index contributed by atoms with van der Waals surface area (Å²) >= 11 is 7.55. The molecule has 0 radical (unpaired) electrons. The molecule has 4 rings (SSSR count). The van der Waals surface area contributed by atoms with E-state index in [1.54, 1.807) is 24.1 Å². The molecule has 1 amide bonds. The Hall–Kier alpha value is -2.97. The van der Waals surface area contributed by atoms with E-state index in [0.717, 1.165) is 22.3 Å². The first-order chi connectivity index (χ1) is 14.1. The number of aromatic amines is 1. The number of rotatable bonds is 7. The third-order valence-electron chi connectivity index (χ3n) is 4.27. The third kappa shape index (κ3) is 4.55. The first-order valence-electron chi connectivity index (χ1n) is 8.84. The highest BCUT2D eigenvalue weighted by Gasteiger charge is 2.11. The number of nitrogens with zero attached hydrogens (tertiary/aromatic N) is 3. The molecule has 2 N–H and O–H groups in total. The lowest BCUT2D eigenvalue weighted by molar-refractivity contribution is -0.113. The Morgan fingerprint density at radius 3 is 2.97 bits per heavy atom. The van der Waals surface area contributed by atoms with Crippen molar-refractivity contribution in [2.45, 2.75) is 11.7 Å². The van der Waals surface area contributed by atoms with Crippen molar-refractivity contribution < 1.29 is 9.53 Å². The molecular weight excluding hydrogens is 410 g/mol. The Labute approximate surface area is 176 Å². The Bertz CT molecular complexity index is 1160. The molecule has 29 heavy (non-hydrogen) atoms. The van der Waals surface area contributed by atoms with Gasteiger partial charge in [-0.2, -0.15) is 5.10 Å². The minimum absolute atomic E-state index is 0.144. The van der Waals surface area contributed by atoms with Gasteiger partial charge in [-0.05, 0) is 23.8 Å². The van der Waals surface area contributed by atoms with Crippen LogP contribution in [0, 0.1) is 0 Å². The van der Waals surface area contributed by atoms with Crippen molar-refractivity contribution in [3.63, 3.8) is 0 Å². The number of anilines is 1. The summed E-state index contributed by atoms with van der Waals surface area (Å²) in [6.45, 7) is 0.473. The van der Waals surface area contributed by atoms with E-state index in [-0.39, 0.29) is 11.7 Å². The average Bonchev–Trinajstić information content (AvgIpc) is 3.33. The fourth-order valence-electron chi connectivity index (χ4n) is 2.83. The molecule has 0 saturated carbocycles. The lowest BCUT2D eigenvalue weighted by Crippen LogP contribution is -2.18. The molecule has 2 aromatic heterocycles. The number of fused-ring (bicyclic) bond motifs is 1. The molecule has 148 valence electrons. The normalized spacial score (nSPS) is 11.0. The van der Waals surface area contributed by atoms with Gasteiger partial charge in [0.25, 0.3) is 0 Å². The van der Waals surface area contributed by atoms with E-state index in [9.17, 15) is 4.79 Å². The number of thioether (sulfide) groups is 1. The number of halogens is 1. The maximum absolute atomic E-state index is 12.4. The Morgan fingerprint density at radius 1 is 1.28 bits per heavy atom. The molecule has 0 bridgehead atoms. The van der Waals surface area contributed by atoms with Crippen molar-refractivity contribution in [1.29, 1.82) is 0 Å². The summed E-state index contributed by atoms with van der Waals surface area (Å²) in [7, 11) is 1.62. The molecule has 2 aromatic carbocycles. The van der Waals surface area contributed by atoms with Crippen LogP contribution in [0.25, 0.3) is 11.0 Å². The number of aromatic nitrogens is 4. The summed E-state index contributed by atoms with van der Waals surface area (Å²) in [5, 5.41) is 8.50. The quantitative estimate of drug-likeness (QED) is 0.432. The standard InChI is InChI=1S/C20H18ClN5O2S/c1-28-14-6-7-16-17(10-14)24-20(23-16)29-12-19(27)25-18-8-9-22-26(18)11-13-4-2-3-5-15(13)21/h2-10H,11-12H2,1H3,(H,23,24)(H,25,27). The van der Waals surface area contributed by atoms with Crippen LogP contribution in [-0.2, 0) is 11.3 Å². The first kappa shape index (κ1) is 19.4. The van der Waals surface area contributed by atoms with Gasteiger partial charge in [0.2, 0.25) is 5.91 Å². The lowest BCUT2D eigenvalue weighted by atomic mass is 10.2. The van der Waals surface area contributed by atoms with Crippen LogP contribution in [0.15, 0.2) is 59.9 Å². The van der Waals surface area contributed by atoms with Crippen molar-refractivity contribution in [3.8, 4) is 5.75 Å². The van der Waals surface area contributed by atoms with Crippen molar-refractivity contribution >= 4 is 46.1 Å². The van der Waals surface area contributed by atoms with Gasteiger partial charge in [-0.1, -0.05) is 41.6 Å². The zero-order valence-corrected chi connectivity index (χ0v) is 17.1. The van der Waals surface area contributed by atoms with Gasteiger partial charge in [-0.15, -0.1) is 0 Å². The average molecular weight is 428 g/mol. The maximum Gasteiger partial charge on any atom is 0.235 e. The lowest BCUT2D eigenvalue weighted by Gasteiger charge is -2.10. The summed E-state index contributed by atoms with van der Waals surface area (Å²) in [6.07, 6.45) is 1.65. The van der Waals surface area contributed by atoms with Crippen LogP contribution >= 0.6 is 23.4 Å². The highest BCUT2D eigenvalue weighted by Crippen LogP contribution is 2.23. The first-order valence-corrected chi connectivity index (χ1v) is 10.2. The van der Waals surface area contributed by atoms with Crippen LogP contribution in [0.1, 0.15) is 5.56 Å². The van der Waals surface area contributed by atoms with Crippen LogP contribution in [0.5, 0.6) is 5.75 Å². The molecule has 0 unspecified atom stereocenters. The molecule has 0 aliphatic rings. The minimum Gasteiger partial charge on any atom is -0.497 e. The second-order valence-electron chi connectivity index (χ2n) is 6.23. The number of amides is 1. The summed E-state index contributed by atoms with van der Waals surface area (Å²) in [5.74, 6) is 1.44. The highest BCUT2D eigenvalue weighted by molar-refractivity contribution is 7.99. The zero-order chi connectivity index (χ0) is 20.2. The molecule has 0 aliphatic carbocycles. The fourth-order valence-corrected chi connectivity index (χ4v) is 3.71. The van der Waals surface area contributed by atoms with Gasteiger partial charge in [-0.3, -0.25) is 4.79 Å². The van der Waals surface area contributed by atoms with Gasteiger partial charge in [0.1, 0.15) is 11.6 Å². The van der Waals surface area contributed by atoms with E-state index in [1.807, 2.05) is 42.5 Å². The molecule has 2 heterocycles. The number of hydrogen-bond donors (Lipinski definition) is 2. The molecular formula is C20H18ClN5O2S. The minimum atomic E-state index is -0.144. The van der Waals surface area contributed by atoms with Crippen LogP contribution in [0.4, 0.5) is 5.82 Å². The second kappa shape index (κ2) is 8.59. The maximum atomic E-state index is 12.4. The third-order valence-corrected chi connectivity index (χ3v) is 5.51. The largest absolute Gasteiger partial charge is 0.497 e. The van der Waals surface area contributed by atoms with E-state index in [1.165, 1.54) is 11.8 Å². The summed E-state index contributed by atoms with van der Waals surface area (Å²) < 4.78 is 6.92. The van der Waals surface area contributed by atoms with E-state index >= 15 is 0 Å². The SMILES string of the molecule is COc1ccc2nc(SCC(=O)Nc3ccnn3Cc3ccccc3Cl)[nH]c2c1. The summed E-state index contributed by atoms with van der Waals surface area (Å²) in [4.78, 5) is 20.1. The van der Waals surface area contributed by atoms with Crippen LogP contribution in [0.2, 0.25) is 5.02 Å². The van der Waals surface area contributed by atoms with Crippen LogP contribution in [0.3, 0.4) is 0 Å². The molecule has 0 atom stereocenters. The number of nitrogens with one attached hydrogen (secondary N) is 2. The molecule has 7 nitrogen and oxygen atoms in total. The van der Waals surface area contributed by atoms with Crippen molar-refractivity contribution in [2.24, 2.45) is 0 Å². The van der Waals surface area contributed by atoms with Gasteiger partial charge in [-0.25, -0.2) is 9.67 Å². The van der Waals surface area contributed by atoms with Crippen LogP contribution < -0.4 is 10.1 Å². The summed E-state index contributed by atoms with van der Waals surface area (Å²) in [6, 6.07) is 14.9. The van der Waals surface area contributed by atoms with Crippen LogP contribution in [-0.4, -0.2) is 38.5 Å². The number of benzene rings is 2. The van der Waals surface area contributed by atoms with E-state index < -0.39 is 0 Å². The highest BCUT2D eigenvalue weighted by atomic mass is 35.5. The Balaban J connectivity index is 1.38. The molecule has 0 aliphatic heterocycles. The van der Waals surface area contributed by atoms with Gasteiger partial charge in [0.05, 0.1) is 36.6 Å². The monoisotopic (exact) mass is 427 g/mol. The van der Waals surface area contributed by atoms with Crippen molar-refractivity contribution in [2.75, 3.05) is 18.2 Å². The van der Waals surface area contributed by atoms with E-state index in [4.69, 9.17) is 16.3 Å². The van der Waals surface area contributed by atoms with Gasteiger partial charge < -0.3 is 15.0 Å². The molecule has 0 saturated heterocycles. The predicted molar refractivity (Wildman–Crippen MR) is 115 cm³/mol.